The lowest BCUT2D eigenvalue weighted by atomic mass is 10.1. The molecule has 1 amide bonds. The van der Waals surface area contributed by atoms with Gasteiger partial charge in [0.1, 0.15) is 16.4 Å². The molecule has 0 atom stereocenters. The van der Waals surface area contributed by atoms with Crippen LogP contribution >= 0.6 is 0 Å². The molecular formula is C18H25N3O5S. The highest BCUT2D eigenvalue weighted by atomic mass is 32.2. The zero-order valence-corrected chi connectivity index (χ0v) is 16.3. The Morgan fingerprint density at radius 3 is 2.70 bits per heavy atom. The molecule has 0 unspecified atom stereocenters. The topological polar surface area (TPSA) is 107 Å². The van der Waals surface area contributed by atoms with Crippen LogP contribution in [0.3, 0.4) is 0 Å². The van der Waals surface area contributed by atoms with Crippen LogP contribution in [-0.4, -0.2) is 64.3 Å². The molecule has 8 nitrogen and oxygen atoms in total. The van der Waals surface area contributed by atoms with Crippen LogP contribution in [0.15, 0.2) is 30.5 Å². The van der Waals surface area contributed by atoms with Crippen LogP contribution in [0.25, 0.3) is 10.9 Å². The number of fused-ring (bicyclic) bond motifs is 1. The van der Waals surface area contributed by atoms with Crippen molar-refractivity contribution in [1.82, 2.24) is 4.98 Å². The minimum atomic E-state index is -3.03. The van der Waals surface area contributed by atoms with Gasteiger partial charge in [0, 0.05) is 24.8 Å². The summed E-state index contributed by atoms with van der Waals surface area (Å²) in [6.45, 7) is 3.18. The summed E-state index contributed by atoms with van der Waals surface area (Å²) in [5.74, 6) is -0.273. The highest BCUT2D eigenvalue weighted by molar-refractivity contribution is 7.90. The Labute approximate surface area is 159 Å². The molecule has 1 heterocycles. The Bertz CT molecular complexity index is 870. The molecule has 27 heavy (non-hydrogen) atoms. The quantitative estimate of drug-likeness (QED) is 0.558. The zero-order valence-electron chi connectivity index (χ0n) is 15.5. The SMILES string of the molecule is CCOCC(=O)Nc1cnc2ccccc2c1NCCOCCS(C)(=O)=O. The van der Waals surface area contributed by atoms with Gasteiger partial charge in [0.05, 0.1) is 42.1 Å². The van der Waals surface area contributed by atoms with Crippen molar-refractivity contribution in [2.45, 2.75) is 6.92 Å². The first-order chi connectivity index (χ1) is 12.9. The molecule has 0 aliphatic carbocycles. The van der Waals surface area contributed by atoms with Crippen LogP contribution in [-0.2, 0) is 24.1 Å². The molecule has 0 radical (unpaired) electrons. The van der Waals surface area contributed by atoms with Crippen molar-refractivity contribution in [2.24, 2.45) is 0 Å². The number of amides is 1. The molecule has 0 fully saturated rings. The minimum absolute atomic E-state index is 0.01000. The molecule has 0 spiro atoms. The van der Waals surface area contributed by atoms with Crippen molar-refractivity contribution in [3.8, 4) is 0 Å². The van der Waals surface area contributed by atoms with Crippen molar-refractivity contribution in [1.29, 1.82) is 0 Å². The highest BCUT2D eigenvalue weighted by Gasteiger charge is 2.11. The number of nitrogens with zero attached hydrogens (tertiary/aromatic N) is 1. The average Bonchev–Trinajstić information content (AvgIpc) is 2.63. The molecule has 1 aromatic carbocycles. The van der Waals surface area contributed by atoms with E-state index in [1.807, 2.05) is 31.2 Å². The maximum atomic E-state index is 12.0. The fourth-order valence-corrected chi connectivity index (χ4v) is 2.79. The van der Waals surface area contributed by atoms with E-state index in [9.17, 15) is 13.2 Å². The van der Waals surface area contributed by atoms with E-state index in [2.05, 4.69) is 15.6 Å². The Hall–Kier alpha value is -2.23. The van der Waals surface area contributed by atoms with Crippen LogP contribution in [0.5, 0.6) is 0 Å². The molecule has 2 N–H and O–H groups in total. The summed E-state index contributed by atoms with van der Waals surface area (Å²) >= 11 is 0. The monoisotopic (exact) mass is 395 g/mol. The van der Waals surface area contributed by atoms with E-state index < -0.39 is 9.84 Å². The molecule has 0 saturated carbocycles. The van der Waals surface area contributed by atoms with Gasteiger partial charge in [-0.25, -0.2) is 8.42 Å². The second-order valence-corrected chi connectivity index (χ2v) is 8.18. The lowest BCUT2D eigenvalue weighted by Gasteiger charge is -2.15. The maximum absolute atomic E-state index is 12.0. The summed E-state index contributed by atoms with van der Waals surface area (Å²) in [6, 6.07) is 7.58. The first kappa shape index (κ1) is 21.1. The number of carbonyl (C=O) groups excluding carboxylic acids is 1. The van der Waals surface area contributed by atoms with Crippen molar-refractivity contribution in [3.63, 3.8) is 0 Å². The van der Waals surface area contributed by atoms with E-state index in [1.165, 1.54) is 6.26 Å². The van der Waals surface area contributed by atoms with Gasteiger partial charge < -0.3 is 20.1 Å². The molecule has 2 aromatic rings. The van der Waals surface area contributed by atoms with Crippen LogP contribution in [0.4, 0.5) is 11.4 Å². The highest BCUT2D eigenvalue weighted by Crippen LogP contribution is 2.29. The summed E-state index contributed by atoms with van der Waals surface area (Å²) in [7, 11) is -3.03. The maximum Gasteiger partial charge on any atom is 0.250 e. The number of para-hydroxylation sites is 1. The lowest BCUT2D eigenvalue weighted by molar-refractivity contribution is -0.120. The van der Waals surface area contributed by atoms with Gasteiger partial charge in [0.15, 0.2) is 0 Å². The first-order valence-electron chi connectivity index (χ1n) is 8.65. The van der Waals surface area contributed by atoms with Gasteiger partial charge in [0.25, 0.3) is 0 Å². The van der Waals surface area contributed by atoms with Crippen molar-refractivity contribution >= 4 is 38.0 Å². The number of benzene rings is 1. The third-order valence-electron chi connectivity index (χ3n) is 3.63. The second kappa shape index (κ2) is 10.2. The van der Waals surface area contributed by atoms with E-state index >= 15 is 0 Å². The Balaban J connectivity index is 2.05. The molecule has 9 heteroatoms. The van der Waals surface area contributed by atoms with Gasteiger partial charge in [-0.3, -0.25) is 9.78 Å². The van der Waals surface area contributed by atoms with Gasteiger partial charge in [0.2, 0.25) is 5.91 Å². The Morgan fingerprint density at radius 1 is 1.19 bits per heavy atom. The van der Waals surface area contributed by atoms with E-state index in [0.717, 1.165) is 16.6 Å². The van der Waals surface area contributed by atoms with E-state index in [0.29, 0.717) is 25.4 Å². The van der Waals surface area contributed by atoms with E-state index in [4.69, 9.17) is 9.47 Å². The molecule has 0 aliphatic rings. The Morgan fingerprint density at radius 2 is 1.96 bits per heavy atom. The molecule has 0 saturated heterocycles. The summed E-state index contributed by atoms with van der Waals surface area (Å²) in [6.07, 6.45) is 2.77. The lowest BCUT2D eigenvalue weighted by Crippen LogP contribution is -2.20. The number of aromatic nitrogens is 1. The molecule has 148 valence electrons. The molecule has 1 aromatic heterocycles. The van der Waals surface area contributed by atoms with Crippen molar-refractivity contribution in [2.75, 3.05) is 55.6 Å². The number of ether oxygens (including phenoxy) is 2. The fourth-order valence-electron chi connectivity index (χ4n) is 2.37. The molecule has 2 rings (SSSR count). The van der Waals surface area contributed by atoms with Gasteiger partial charge in [-0.15, -0.1) is 0 Å². The summed E-state index contributed by atoms with van der Waals surface area (Å²) < 4.78 is 32.7. The van der Waals surface area contributed by atoms with Crippen LogP contribution in [0, 0.1) is 0 Å². The van der Waals surface area contributed by atoms with Crippen LogP contribution < -0.4 is 10.6 Å². The molecule has 0 bridgehead atoms. The van der Waals surface area contributed by atoms with Gasteiger partial charge >= 0.3 is 0 Å². The van der Waals surface area contributed by atoms with Crippen LogP contribution in [0.1, 0.15) is 6.92 Å². The van der Waals surface area contributed by atoms with Gasteiger partial charge in [-0.05, 0) is 13.0 Å². The predicted octanol–water partition coefficient (Wildman–Crippen LogP) is 1.68. The number of hydrogen-bond acceptors (Lipinski definition) is 7. The summed E-state index contributed by atoms with van der Waals surface area (Å²) in [4.78, 5) is 16.4. The predicted molar refractivity (Wildman–Crippen MR) is 106 cm³/mol. The van der Waals surface area contributed by atoms with E-state index in [1.54, 1.807) is 6.20 Å². The fraction of sp³-hybridized carbons (Fsp3) is 0.444. The minimum Gasteiger partial charge on any atom is -0.380 e. The van der Waals surface area contributed by atoms with Gasteiger partial charge in [-0.2, -0.15) is 0 Å². The van der Waals surface area contributed by atoms with Crippen molar-refractivity contribution < 1.29 is 22.7 Å². The standard InChI is InChI=1S/C18H25N3O5S/c1-3-25-13-17(22)21-16-12-20-15-7-5-4-6-14(15)18(16)19-8-9-26-10-11-27(2,23)24/h4-7,12H,3,8-11,13H2,1-2H3,(H,19,20)(H,21,22). The first-order valence-corrected chi connectivity index (χ1v) is 10.7. The van der Waals surface area contributed by atoms with E-state index in [-0.39, 0.29) is 24.9 Å². The third kappa shape index (κ3) is 7.12. The summed E-state index contributed by atoms with van der Waals surface area (Å²) in [5, 5.41) is 6.91. The summed E-state index contributed by atoms with van der Waals surface area (Å²) in [5.41, 5.74) is 2.08. The second-order valence-electron chi connectivity index (χ2n) is 5.92. The molecule has 0 aliphatic heterocycles. The largest absolute Gasteiger partial charge is 0.380 e. The molecular weight excluding hydrogens is 370 g/mol. The number of rotatable bonds is 11. The van der Waals surface area contributed by atoms with Gasteiger partial charge in [-0.1, -0.05) is 18.2 Å². The number of anilines is 2. The number of carbonyl (C=O) groups is 1. The number of hydrogen-bond donors (Lipinski definition) is 2. The third-order valence-corrected chi connectivity index (χ3v) is 4.54. The smallest absolute Gasteiger partial charge is 0.250 e. The Kier molecular flexibility index (Phi) is 7.96. The normalized spacial score (nSPS) is 11.5. The van der Waals surface area contributed by atoms with Crippen LogP contribution in [0.2, 0.25) is 0 Å². The number of pyridine rings is 1. The van der Waals surface area contributed by atoms with Crippen molar-refractivity contribution in [3.05, 3.63) is 30.5 Å². The average molecular weight is 395 g/mol. The number of sulfone groups is 1. The number of nitrogens with one attached hydrogen (secondary N) is 2. The zero-order chi connectivity index (χ0) is 19.7.